The average Bonchev–Trinajstić information content (AvgIpc) is 2.55. The quantitative estimate of drug-likeness (QED) is 0.755. The molecule has 2 fully saturated rings. The predicted molar refractivity (Wildman–Crippen MR) is 99.9 cm³/mol. The summed E-state index contributed by atoms with van der Waals surface area (Å²) in [6.07, 6.45) is 6.84. The summed E-state index contributed by atoms with van der Waals surface area (Å²) in [5.74, 6) is 1.10. The second-order valence-corrected chi connectivity index (χ2v) is 7.60. The van der Waals surface area contributed by atoms with Gasteiger partial charge in [0.05, 0.1) is 0 Å². The molecule has 2 atom stereocenters. The van der Waals surface area contributed by atoms with Crippen LogP contribution in [0.4, 0.5) is 5.69 Å². The molecule has 1 aromatic rings. The Bertz CT molecular complexity index is 665. The van der Waals surface area contributed by atoms with Crippen LogP contribution in [0.3, 0.4) is 0 Å². The second kappa shape index (κ2) is 7.34. The topological polar surface area (TPSA) is 84.2 Å². The Balaban J connectivity index is 0.00000182. The van der Waals surface area contributed by atoms with Gasteiger partial charge in [0.2, 0.25) is 5.91 Å². The SMILES string of the molecule is Cl.NC1CC2CCCC(C1)C2NC(=O)c1ccc2c(c1)CCC(=O)N2. The fraction of sp³-hybridized carbons (Fsp3) is 0.579. The summed E-state index contributed by atoms with van der Waals surface area (Å²) in [5, 5.41) is 6.15. The molecule has 136 valence electrons. The number of nitrogens with two attached hydrogens (primary N) is 1. The van der Waals surface area contributed by atoms with Gasteiger partial charge in [-0.1, -0.05) is 6.42 Å². The van der Waals surface area contributed by atoms with Crippen molar-refractivity contribution in [1.29, 1.82) is 0 Å². The van der Waals surface area contributed by atoms with Crippen molar-refractivity contribution in [3.8, 4) is 0 Å². The van der Waals surface area contributed by atoms with E-state index in [1.807, 2.05) is 18.2 Å². The zero-order valence-corrected chi connectivity index (χ0v) is 15.1. The standard InChI is InChI=1S/C19H25N3O2.ClH/c20-15-9-12-2-1-3-13(10-15)18(12)22-19(24)14-4-6-16-11(8-14)5-7-17(23)21-16;/h4,6,8,12-13,15,18H,1-3,5,7,9-10,20H2,(H,21,23)(H,22,24);1H. The Hall–Kier alpha value is -1.59. The van der Waals surface area contributed by atoms with Gasteiger partial charge in [0, 0.05) is 29.8 Å². The summed E-state index contributed by atoms with van der Waals surface area (Å²) >= 11 is 0. The van der Waals surface area contributed by atoms with Gasteiger partial charge >= 0.3 is 0 Å². The van der Waals surface area contributed by atoms with Crippen molar-refractivity contribution in [2.75, 3.05) is 5.32 Å². The van der Waals surface area contributed by atoms with Crippen molar-refractivity contribution in [1.82, 2.24) is 5.32 Å². The highest BCUT2D eigenvalue weighted by Gasteiger charge is 2.40. The molecule has 25 heavy (non-hydrogen) atoms. The molecule has 0 aromatic heterocycles. The molecule has 2 amide bonds. The molecule has 2 bridgehead atoms. The van der Waals surface area contributed by atoms with E-state index in [4.69, 9.17) is 5.73 Å². The van der Waals surface area contributed by atoms with Crippen molar-refractivity contribution in [3.05, 3.63) is 29.3 Å². The van der Waals surface area contributed by atoms with Crippen LogP contribution in [0.5, 0.6) is 0 Å². The number of halogens is 1. The van der Waals surface area contributed by atoms with Crippen LogP contribution in [0.1, 0.15) is 54.4 Å². The number of anilines is 1. The van der Waals surface area contributed by atoms with Crippen LogP contribution in [-0.2, 0) is 11.2 Å². The lowest BCUT2D eigenvalue weighted by Crippen LogP contribution is -2.53. The molecule has 2 aliphatic carbocycles. The van der Waals surface area contributed by atoms with Gasteiger partial charge in [0.15, 0.2) is 0 Å². The molecule has 0 spiro atoms. The van der Waals surface area contributed by atoms with Gasteiger partial charge in [-0.3, -0.25) is 9.59 Å². The molecule has 1 aliphatic heterocycles. The maximum Gasteiger partial charge on any atom is 0.251 e. The number of fused-ring (bicyclic) bond motifs is 3. The van der Waals surface area contributed by atoms with Crippen LogP contribution < -0.4 is 16.4 Å². The summed E-state index contributed by atoms with van der Waals surface area (Å²) in [4.78, 5) is 24.2. The summed E-state index contributed by atoms with van der Waals surface area (Å²) in [7, 11) is 0. The molecular weight excluding hydrogens is 338 g/mol. The van der Waals surface area contributed by atoms with Crippen molar-refractivity contribution in [3.63, 3.8) is 0 Å². The molecule has 3 aliphatic rings. The van der Waals surface area contributed by atoms with E-state index in [0.717, 1.165) is 24.1 Å². The zero-order valence-electron chi connectivity index (χ0n) is 14.3. The maximum absolute atomic E-state index is 12.7. The number of hydrogen-bond donors (Lipinski definition) is 3. The molecule has 1 heterocycles. The zero-order chi connectivity index (χ0) is 16.7. The van der Waals surface area contributed by atoms with E-state index in [1.54, 1.807) is 0 Å². The van der Waals surface area contributed by atoms with Crippen molar-refractivity contribution in [2.45, 2.75) is 57.0 Å². The van der Waals surface area contributed by atoms with Crippen LogP contribution in [0.2, 0.25) is 0 Å². The third kappa shape index (κ3) is 3.67. The van der Waals surface area contributed by atoms with Crippen molar-refractivity contribution >= 4 is 29.9 Å². The molecule has 2 unspecified atom stereocenters. The predicted octanol–water partition coefficient (Wildman–Crippen LogP) is 2.63. The molecule has 4 N–H and O–H groups in total. The Morgan fingerprint density at radius 2 is 1.88 bits per heavy atom. The van der Waals surface area contributed by atoms with Crippen LogP contribution >= 0.6 is 12.4 Å². The van der Waals surface area contributed by atoms with Crippen molar-refractivity contribution < 1.29 is 9.59 Å². The number of benzene rings is 1. The number of hydrogen-bond acceptors (Lipinski definition) is 3. The van der Waals surface area contributed by atoms with Crippen LogP contribution in [-0.4, -0.2) is 23.9 Å². The van der Waals surface area contributed by atoms with E-state index in [9.17, 15) is 9.59 Å². The van der Waals surface area contributed by atoms with E-state index < -0.39 is 0 Å². The number of rotatable bonds is 2. The fourth-order valence-electron chi connectivity index (χ4n) is 4.78. The lowest BCUT2D eigenvalue weighted by atomic mass is 9.67. The summed E-state index contributed by atoms with van der Waals surface area (Å²) in [6.45, 7) is 0. The first-order valence-electron chi connectivity index (χ1n) is 9.09. The maximum atomic E-state index is 12.7. The number of carbonyl (C=O) groups excluding carboxylic acids is 2. The lowest BCUT2D eigenvalue weighted by Gasteiger charge is -2.45. The number of aryl methyl sites for hydroxylation is 1. The minimum Gasteiger partial charge on any atom is -0.349 e. The van der Waals surface area contributed by atoms with E-state index in [0.29, 0.717) is 36.3 Å². The van der Waals surface area contributed by atoms with E-state index >= 15 is 0 Å². The monoisotopic (exact) mass is 363 g/mol. The first-order valence-corrected chi connectivity index (χ1v) is 9.09. The van der Waals surface area contributed by atoms with Crippen LogP contribution in [0.15, 0.2) is 18.2 Å². The summed E-state index contributed by atoms with van der Waals surface area (Å²) in [5.41, 5.74) is 8.75. The number of nitrogens with one attached hydrogen (secondary N) is 2. The van der Waals surface area contributed by atoms with Crippen LogP contribution in [0, 0.1) is 11.8 Å². The summed E-state index contributed by atoms with van der Waals surface area (Å²) < 4.78 is 0. The van der Waals surface area contributed by atoms with E-state index in [1.165, 1.54) is 19.3 Å². The lowest BCUT2D eigenvalue weighted by molar-refractivity contribution is -0.116. The largest absolute Gasteiger partial charge is 0.349 e. The molecule has 0 radical (unpaired) electrons. The van der Waals surface area contributed by atoms with Gasteiger partial charge < -0.3 is 16.4 Å². The van der Waals surface area contributed by atoms with Gasteiger partial charge in [0.25, 0.3) is 5.91 Å². The van der Waals surface area contributed by atoms with Gasteiger partial charge in [-0.05, 0) is 67.7 Å². The molecule has 5 nitrogen and oxygen atoms in total. The van der Waals surface area contributed by atoms with Gasteiger partial charge in [0.1, 0.15) is 0 Å². The molecule has 2 saturated carbocycles. The highest BCUT2D eigenvalue weighted by molar-refractivity contribution is 5.98. The molecule has 4 rings (SSSR count). The Morgan fingerprint density at radius 1 is 1.16 bits per heavy atom. The smallest absolute Gasteiger partial charge is 0.251 e. The van der Waals surface area contributed by atoms with Gasteiger partial charge in [-0.25, -0.2) is 0 Å². The molecular formula is C19H26ClN3O2. The second-order valence-electron chi connectivity index (χ2n) is 7.60. The van der Waals surface area contributed by atoms with E-state index in [-0.39, 0.29) is 30.3 Å². The van der Waals surface area contributed by atoms with Crippen molar-refractivity contribution in [2.24, 2.45) is 17.6 Å². The number of amides is 2. The minimum absolute atomic E-state index is 0. The third-order valence-electron chi connectivity index (χ3n) is 5.94. The average molecular weight is 364 g/mol. The Morgan fingerprint density at radius 3 is 2.60 bits per heavy atom. The fourth-order valence-corrected chi connectivity index (χ4v) is 4.78. The molecule has 0 saturated heterocycles. The Kier molecular flexibility index (Phi) is 5.35. The Labute approximate surface area is 154 Å². The molecule has 1 aromatic carbocycles. The summed E-state index contributed by atoms with van der Waals surface area (Å²) in [6, 6.07) is 6.14. The third-order valence-corrected chi connectivity index (χ3v) is 5.94. The normalized spacial score (nSPS) is 30.5. The molecule has 6 heteroatoms. The number of carbonyl (C=O) groups is 2. The van der Waals surface area contributed by atoms with E-state index in [2.05, 4.69) is 10.6 Å². The first-order chi connectivity index (χ1) is 11.6. The van der Waals surface area contributed by atoms with Crippen LogP contribution in [0.25, 0.3) is 0 Å². The highest BCUT2D eigenvalue weighted by Crippen LogP contribution is 2.39. The van der Waals surface area contributed by atoms with Gasteiger partial charge in [-0.15, -0.1) is 12.4 Å². The first kappa shape index (κ1) is 18.2. The highest BCUT2D eigenvalue weighted by atomic mass is 35.5. The minimum atomic E-state index is 0. The van der Waals surface area contributed by atoms with Gasteiger partial charge in [-0.2, -0.15) is 0 Å².